The molecule has 150 valence electrons. The molecule has 0 radical (unpaired) electrons. The molecule has 2 fully saturated rings. The zero-order chi connectivity index (χ0) is 19.5. The number of hydrogen-bond donors (Lipinski definition) is 0. The normalized spacial score (nSPS) is 19.0. The van der Waals surface area contributed by atoms with E-state index in [4.69, 9.17) is 0 Å². The second-order valence-electron chi connectivity index (χ2n) is 7.71. The summed E-state index contributed by atoms with van der Waals surface area (Å²) >= 11 is 0. The van der Waals surface area contributed by atoms with Gasteiger partial charge >= 0.3 is 0 Å². The molecule has 0 spiro atoms. The van der Waals surface area contributed by atoms with Crippen molar-refractivity contribution >= 4 is 17.5 Å². The predicted molar refractivity (Wildman–Crippen MR) is 105 cm³/mol. The number of aromatic nitrogens is 3. The van der Waals surface area contributed by atoms with E-state index >= 15 is 0 Å². The maximum absolute atomic E-state index is 13.0. The van der Waals surface area contributed by atoms with Gasteiger partial charge in [-0.1, -0.05) is 12.8 Å². The van der Waals surface area contributed by atoms with E-state index in [1.165, 1.54) is 12.8 Å². The van der Waals surface area contributed by atoms with E-state index in [-0.39, 0.29) is 11.8 Å². The van der Waals surface area contributed by atoms with Crippen LogP contribution in [0.3, 0.4) is 0 Å². The van der Waals surface area contributed by atoms with E-state index in [2.05, 4.69) is 15.0 Å². The Morgan fingerprint density at radius 2 is 1.68 bits per heavy atom. The molecule has 2 aromatic heterocycles. The van der Waals surface area contributed by atoms with Crippen molar-refractivity contribution in [3.05, 3.63) is 29.7 Å². The second-order valence-corrected chi connectivity index (χ2v) is 7.71. The van der Waals surface area contributed by atoms with Crippen molar-refractivity contribution in [1.29, 1.82) is 0 Å². The number of hydrogen-bond acceptors (Lipinski definition) is 5. The number of fused-ring (bicyclic) bond motifs is 1. The molecule has 8 nitrogen and oxygen atoms in total. The molecule has 2 aromatic rings. The lowest BCUT2D eigenvalue weighted by atomic mass is 10.2. The highest BCUT2D eigenvalue weighted by Crippen LogP contribution is 2.17. The van der Waals surface area contributed by atoms with Crippen LogP contribution < -0.4 is 0 Å². The largest absolute Gasteiger partial charge is 0.342 e. The van der Waals surface area contributed by atoms with Crippen molar-refractivity contribution in [2.45, 2.75) is 32.6 Å². The molecule has 4 heterocycles. The van der Waals surface area contributed by atoms with Crippen LogP contribution >= 0.6 is 0 Å². The van der Waals surface area contributed by atoms with E-state index in [1.54, 1.807) is 23.0 Å². The summed E-state index contributed by atoms with van der Waals surface area (Å²) in [5, 5.41) is 4.39. The Morgan fingerprint density at radius 3 is 2.39 bits per heavy atom. The van der Waals surface area contributed by atoms with Gasteiger partial charge in [0.05, 0.1) is 12.2 Å². The molecule has 0 bridgehead atoms. The van der Waals surface area contributed by atoms with Crippen LogP contribution in [0.15, 0.2) is 18.5 Å². The van der Waals surface area contributed by atoms with Crippen LogP contribution in [0.1, 0.15) is 41.7 Å². The summed E-state index contributed by atoms with van der Waals surface area (Å²) < 4.78 is 1.65. The molecule has 0 unspecified atom stereocenters. The SMILES string of the molecule is Cc1nn2cccnc2c1C(=O)N1CCN(CC(=O)N2CCCCCC2)CC1. The monoisotopic (exact) mass is 384 g/mol. The van der Waals surface area contributed by atoms with Gasteiger partial charge in [0, 0.05) is 51.7 Å². The van der Waals surface area contributed by atoms with Gasteiger partial charge < -0.3 is 9.80 Å². The summed E-state index contributed by atoms with van der Waals surface area (Å²) in [6, 6.07) is 1.80. The zero-order valence-corrected chi connectivity index (χ0v) is 16.5. The molecule has 2 amide bonds. The van der Waals surface area contributed by atoms with Gasteiger partial charge in [-0.05, 0) is 25.8 Å². The Labute approximate surface area is 165 Å². The quantitative estimate of drug-likeness (QED) is 0.795. The van der Waals surface area contributed by atoms with Crippen molar-refractivity contribution < 1.29 is 9.59 Å². The summed E-state index contributed by atoms with van der Waals surface area (Å²) in [6.07, 6.45) is 8.16. The van der Waals surface area contributed by atoms with Crippen molar-refractivity contribution in [2.75, 3.05) is 45.8 Å². The second kappa shape index (κ2) is 8.26. The molecule has 4 rings (SSSR count). The van der Waals surface area contributed by atoms with Crippen molar-refractivity contribution in [3.8, 4) is 0 Å². The minimum Gasteiger partial charge on any atom is -0.342 e. The van der Waals surface area contributed by atoms with Crippen LogP contribution in [0.5, 0.6) is 0 Å². The fourth-order valence-electron chi connectivity index (χ4n) is 4.13. The van der Waals surface area contributed by atoms with Gasteiger partial charge in [0.1, 0.15) is 5.56 Å². The molecule has 8 heteroatoms. The number of piperazine rings is 1. The van der Waals surface area contributed by atoms with E-state index in [9.17, 15) is 9.59 Å². The average molecular weight is 384 g/mol. The first-order valence-corrected chi connectivity index (χ1v) is 10.2. The Bertz CT molecular complexity index is 847. The summed E-state index contributed by atoms with van der Waals surface area (Å²) in [4.78, 5) is 36.0. The van der Waals surface area contributed by atoms with Crippen LogP contribution in [-0.4, -0.2) is 86.9 Å². The zero-order valence-electron chi connectivity index (χ0n) is 16.5. The lowest BCUT2D eigenvalue weighted by molar-refractivity contribution is -0.132. The molecule has 28 heavy (non-hydrogen) atoms. The smallest absolute Gasteiger partial charge is 0.259 e. The van der Waals surface area contributed by atoms with Crippen LogP contribution in [0.4, 0.5) is 0 Å². The van der Waals surface area contributed by atoms with Crippen molar-refractivity contribution in [3.63, 3.8) is 0 Å². The third kappa shape index (κ3) is 3.87. The Morgan fingerprint density at radius 1 is 0.964 bits per heavy atom. The van der Waals surface area contributed by atoms with Gasteiger partial charge in [0.2, 0.25) is 5.91 Å². The summed E-state index contributed by atoms with van der Waals surface area (Å²) in [5.74, 6) is 0.203. The highest BCUT2D eigenvalue weighted by Gasteiger charge is 2.28. The van der Waals surface area contributed by atoms with Crippen LogP contribution in [-0.2, 0) is 4.79 Å². The number of carbonyl (C=O) groups excluding carboxylic acids is 2. The van der Waals surface area contributed by atoms with Crippen LogP contribution in [0.2, 0.25) is 0 Å². The Hall–Kier alpha value is -2.48. The number of amides is 2. The lowest BCUT2D eigenvalue weighted by Gasteiger charge is -2.35. The van der Waals surface area contributed by atoms with Crippen LogP contribution in [0, 0.1) is 6.92 Å². The van der Waals surface area contributed by atoms with E-state index in [0.29, 0.717) is 36.5 Å². The van der Waals surface area contributed by atoms with Crippen LogP contribution in [0.25, 0.3) is 5.65 Å². The van der Waals surface area contributed by atoms with Gasteiger partial charge in [0.25, 0.3) is 5.91 Å². The first-order chi connectivity index (χ1) is 13.6. The molecule has 2 aliphatic heterocycles. The number of nitrogens with zero attached hydrogens (tertiary/aromatic N) is 6. The van der Waals surface area contributed by atoms with Gasteiger partial charge in [0.15, 0.2) is 5.65 Å². The fraction of sp³-hybridized carbons (Fsp3) is 0.600. The van der Waals surface area contributed by atoms with E-state index in [0.717, 1.165) is 39.0 Å². The number of carbonyl (C=O) groups is 2. The number of rotatable bonds is 3. The standard InChI is InChI=1S/C20H28N6O2/c1-16-18(19-21-7-6-10-26(19)22-16)20(28)25-13-11-23(12-14-25)15-17(27)24-8-4-2-3-5-9-24/h6-7,10H,2-5,8-9,11-15H2,1H3. The Kier molecular flexibility index (Phi) is 5.57. The summed E-state index contributed by atoms with van der Waals surface area (Å²) in [6.45, 7) is 6.76. The topological polar surface area (TPSA) is 74.0 Å². The summed E-state index contributed by atoms with van der Waals surface area (Å²) in [5.41, 5.74) is 1.88. The third-order valence-corrected chi connectivity index (χ3v) is 5.76. The van der Waals surface area contributed by atoms with E-state index in [1.807, 2.05) is 16.7 Å². The minimum absolute atomic E-state index is 0.0234. The molecule has 2 aliphatic rings. The maximum atomic E-state index is 13.0. The Balaban J connectivity index is 1.35. The lowest BCUT2D eigenvalue weighted by Crippen LogP contribution is -2.51. The first-order valence-electron chi connectivity index (χ1n) is 10.2. The predicted octanol–water partition coefficient (Wildman–Crippen LogP) is 1.20. The molecule has 0 saturated carbocycles. The molecule has 0 aliphatic carbocycles. The van der Waals surface area contributed by atoms with Crippen molar-refractivity contribution in [1.82, 2.24) is 29.3 Å². The highest BCUT2D eigenvalue weighted by atomic mass is 16.2. The van der Waals surface area contributed by atoms with Gasteiger partial charge in [-0.15, -0.1) is 0 Å². The molecular weight excluding hydrogens is 356 g/mol. The highest BCUT2D eigenvalue weighted by molar-refractivity contribution is 6.01. The first kappa shape index (κ1) is 18.9. The minimum atomic E-state index is -0.0234. The molecular formula is C20H28N6O2. The molecule has 0 aromatic carbocycles. The number of likely N-dealkylation sites (tertiary alicyclic amines) is 1. The van der Waals surface area contributed by atoms with Gasteiger partial charge in [-0.2, -0.15) is 5.10 Å². The average Bonchev–Trinajstić information content (AvgIpc) is 2.86. The van der Waals surface area contributed by atoms with Gasteiger partial charge in [-0.25, -0.2) is 9.50 Å². The maximum Gasteiger partial charge on any atom is 0.259 e. The molecule has 0 atom stereocenters. The molecule has 2 saturated heterocycles. The van der Waals surface area contributed by atoms with Crippen molar-refractivity contribution in [2.24, 2.45) is 0 Å². The summed E-state index contributed by atoms with van der Waals surface area (Å²) in [7, 11) is 0. The van der Waals surface area contributed by atoms with E-state index < -0.39 is 0 Å². The fourth-order valence-corrected chi connectivity index (χ4v) is 4.13. The third-order valence-electron chi connectivity index (χ3n) is 5.76. The van der Waals surface area contributed by atoms with Gasteiger partial charge in [-0.3, -0.25) is 14.5 Å². The number of aryl methyl sites for hydroxylation is 1. The molecule has 0 N–H and O–H groups in total.